The lowest BCUT2D eigenvalue weighted by Crippen LogP contribution is -2.19. The van der Waals surface area contributed by atoms with Gasteiger partial charge in [0.15, 0.2) is 5.78 Å². The van der Waals surface area contributed by atoms with E-state index in [4.69, 9.17) is 0 Å². The number of carbonyl (C=O) groups excluding carboxylic acids is 1. The van der Waals surface area contributed by atoms with Gasteiger partial charge in [0.2, 0.25) is 0 Å². The van der Waals surface area contributed by atoms with Gasteiger partial charge in [0.25, 0.3) is 0 Å². The molecule has 2 atom stereocenters. The van der Waals surface area contributed by atoms with Gasteiger partial charge < -0.3 is 5.11 Å². The molecule has 0 bridgehead atoms. The molecule has 1 N–H and O–H groups in total. The van der Waals surface area contributed by atoms with Crippen LogP contribution in [0.4, 0.5) is 0 Å². The van der Waals surface area contributed by atoms with E-state index >= 15 is 0 Å². The standard InChI is InChI=1S/C13H22O2/c1-2-3-4-5-6-7-8-11-12(14)9-10-13(11)15/h9-12,14H,2-8H2,1H3/t11-,12+/m1/s1. The van der Waals surface area contributed by atoms with Gasteiger partial charge in [-0.3, -0.25) is 4.79 Å². The minimum Gasteiger partial charge on any atom is -0.388 e. The molecule has 0 saturated carbocycles. The van der Waals surface area contributed by atoms with Crippen molar-refractivity contribution >= 4 is 5.78 Å². The molecular formula is C13H22O2. The highest BCUT2D eigenvalue weighted by Gasteiger charge is 2.27. The molecule has 2 nitrogen and oxygen atoms in total. The number of hydrogen-bond acceptors (Lipinski definition) is 2. The van der Waals surface area contributed by atoms with Crippen LogP contribution in [0.25, 0.3) is 0 Å². The van der Waals surface area contributed by atoms with Gasteiger partial charge in [-0.1, -0.05) is 51.5 Å². The molecule has 86 valence electrons. The Labute approximate surface area is 92.4 Å². The molecule has 1 rings (SSSR count). The number of ketones is 1. The molecule has 2 heteroatoms. The summed E-state index contributed by atoms with van der Waals surface area (Å²) in [4.78, 5) is 11.3. The van der Waals surface area contributed by atoms with Crippen LogP contribution in [-0.4, -0.2) is 17.0 Å². The highest BCUT2D eigenvalue weighted by atomic mass is 16.3. The Morgan fingerprint density at radius 2 is 1.87 bits per heavy atom. The monoisotopic (exact) mass is 210 g/mol. The molecule has 0 heterocycles. The van der Waals surface area contributed by atoms with Crippen molar-refractivity contribution in [2.45, 2.75) is 58.0 Å². The van der Waals surface area contributed by atoms with Gasteiger partial charge >= 0.3 is 0 Å². The number of hydrogen-bond donors (Lipinski definition) is 1. The third-order valence-electron chi connectivity index (χ3n) is 3.10. The first-order valence-corrected chi connectivity index (χ1v) is 6.16. The lowest BCUT2D eigenvalue weighted by Gasteiger charge is -2.12. The third kappa shape index (κ3) is 4.17. The Morgan fingerprint density at radius 3 is 2.47 bits per heavy atom. The number of unbranched alkanes of at least 4 members (excludes halogenated alkanes) is 5. The summed E-state index contributed by atoms with van der Waals surface area (Å²) in [6.07, 6.45) is 10.9. The predicted molar refractivity (Wildman–Crippen MR) is 61.6 cm³/mol. The fourth-order valence-corrected chi connectivity index (χ4v) is 2.08. The van der Waals surface area contributed by atoms with Crippen molar-refractivity contribution in [1.82, 2.24) is 0 Å². The lowest BCUT2D eigenvalue weighted by molar-refractivity contribution is -0.119. The van der Waals surface area contributed by atoms with Crippen molar-refractivity contribution in [2.24, 2.45) is 5.92 Å². The molecule has 0 aliphatic heterocycles. The van der Waals surface area contributed by atoms with E-state index in [0.717, 1.165) is 12.8 Å². The summed E-state index contributed by atoms with van der Waals surface area (Å²) in [7, 11) is 0. The Hall–Kier alpha value is -0.630. The van der Waals surface area contributed by atoms with Crippen molar-refractivity contribution in [1.29, 1.82) is 0 Å². The molecule has 0 fully saturated rings. The molecular weight excluding hydrogens is 188 g/mol. The van der Waals surface area contributed by atoms with E-state index in [1.807, 2.05) is 0 Å². The van der Waals surface area contributed by atoms with Gasteiger partial charge in [-0.15, -0.1) is 0 Å². The lowest BCUT2D eigenvalue weighted by atomic mass is 9.96. The van der Waals surface area contributed by atoms with E-state index in [0.29, 0.717) is 0 Å². The first-order valence-electron chi connectivity index (χ1n) is 6.16. The molecule has 0 unspecified atom stereocenters. The summed E-state index contributed by atoms with van der Waals surface area (Å²) in [6.45, 7) is 2.21. The first kappa shape index (κ1) is 12.4. The van der Waals surface area contributed by atoms with Crippen LogP contribution in [0.15, 0.2) is 12.2 Å². The SMILES string of the molecule is CCCCCCCC[C@H]1C(=O)C=C[C@@H]1O. The second-order valence-electron chi connectivity index (χ2n) is 4.42. The average Bonchev–Trinajstić information content (AvgIpc) is 2.54. The van der Waals surface area contributed by atoms with Gasteiger partial charge in [0.1, 0.15) is 0 Å². The van der Waals surface area contributed by atoms with Crippen LogP contribution >= 0.6 is 0 Å². The maximum Gasteiger partial charge on any atom is 0.161 e. The zero-order chi connectivity index (χ0) is 11.1. The Bertz CT molecular complexity index is 221. The molecule has 0 spiro atoms. The van der Waals surface area contributed by atoms with Gasteiger partial charge in [-0.05, 0) is 12.5 Å². The Morgan fingerprint density at radius 1 is 1.20 bits per heavy atom. The van der Waals surface area contributed by atoms with Gasteiger partial charge in [0.05, 0.1) is 12.0 Å². The Balaban J connectivity index is 2.03. The zero-order valence-electron chi connectivity index (χ0n) is 9.61. The zero-order valence-corrected chi connectivity index (χ0v) is 9.61. The number of aliphatic hydroxyl groups is 1. The summed E-state index contributed by atoms with van der Waals surface area (Å²) in [5, 5.41) is 9.49. The van der Waals surface area contributed by atoms with Crippen LogP contribution in [0.5, 0.6) is 0 Å². The quantitative estimate of drug-likeness (QED) is 0.656. The number of carbonyl (C=O) groups is 1. The van der Waals surface area contributed by atoms with Crippen LogP contribution in [0.2, 0.25) is 0 Å². The fraction of sp³-hybridized carbons (Fsp3) is 0.769. The van der Waals surface area contributed by atoms with Crippen LogP contribution in [-0.2, 0) is 4.79 Å². The van der Waals surface area contributed by atoms with E-state index in [2.05, 4.69) is 6.92 Å². The normalized spacial score (nSPS) is 25.1. The molecule has 0 aromatic heterocycles. The predicted octanol–water partition coefficient (Wildman–Crippen LogP) is 2.85. The van der Waals surface area contributed by atoms with Crippen molar-refractivity contribution in [3.63, 3.8) is 0 Å². The van der Waals surface area contributed by atoms with Crippen LogP contribution < -0.4 is 0 Å². The van der Waals surface area contributed by atoms with E-state index in [9.17, 15) is 9.90 Å². The minimum atomic E-state index is -0.520. The van der Waals surface area contributed by atoms with Crippen LogP contribution in [0.3, 0.4) is 0 Å². The Kier molecular flexibility index (Phi) is 5.62. The van der Waals surface area contributed by atoms with Crippen LogP contribution in [0, 0.1) is 5.92 Å². The number of allylic oxidation sites excluding steroid dienone is 1. The molecule has 0 radical (unpaired) electrons. The summed E-state index contributed by atoms with van der Waals surface area (Å²) in [5.74, 6) is -0.0350. The van der Waals surface area contributed by atoms with Crippen molar-refractivity contribution in [2.75, 3.05) is 0 Å². The third-order valence-corrected chi connectivity index (χ3v) is 3.10. The van der Waals surface area contributed by atoms with Crippen LogP contribution in [0.1, 0.15) is 51.9 Å². The largest absolute Gasteiger partial charge is 0.388 e. The summed E-state index contributed by atoms with van der Waals surface area (Å²) >= 11 is 0. The minimum absolute atomic E-state index is 0.107. The van der Waals surface area contributed by atoms with Gasteiger partial charge in [-0.25, -0.2) is 0 Å². The summed E-state index contributed by atoms with van der Waals surface area (Å²) in [5.41, 5.74) is 0. The average molecular weight is 210 g/mol. The molecule has 0 saturated heterocycles. The second-order valence-corrected chi connectivity index (χ2v) is 4.42. The smallest absolute Gasteiger partial charge is 0.161 e. The molecule has 15 heavy (non-hydrogen) atoms. The van der Waals surface area contributed by atoms with E-state index in [1.54, 1.807) is 6.08 Å². The summed E-state index contributed by atoms with van der Waals surface area (Å²) in [6, 6.07) is 0. The van der Waals surface area contributed by atoms with E-state index in [1.165, 1.54) is 38.2 Å². The van der Waals surface area contributed by atoms with E-state index in [-0.39, 0.29) is 11.7 Å². The van der Waals surface area contributed by atoms with Crippen molar-refractivity contribution in [3.8, 4) is 0 Å². The van der Waals surface area contributed by atoms with Crippen molar-refractivity contribution < 1.29 is 9.90 Å². The number of aliphatic hydroxyl groups excluding tert-OH is 1. The highest BCUT2D eigenvalue weighted by molar-refractivity contribution is 5.94. The topological polar surface area (TPSA) is 37.3 Å². The molecule has 0 aromatic carbocycles. The second kappa shape index (κ2) is 6.78. The van der Waals surface area contributed by atoms with Gasteiger partial charge in [0, 0.05) is 0 Å². The van der Waals surface area contributed by atoms with E-state index < -0.39 is 6.10 Å². The van der Waals surface area contributed by atoms with Gasteiger partial charge in [-0.2, -0.15) is 0 Å². The molecule has 1 aliphatic carbocycles. The number of rotatable bonds is 7. The maximum atomic E-state index is 11.3. The highest BCUT2D eigenvalue weighted by Crippen LogP contribution is 2.22. The molecule has 0 aromatic rings. The first-order chi connectivity index (χ1) is 7.25. The van der Waals surface area contributed by atoms with Crippen molar-refractivity contribution in [3.05, 3.63) is 12.2 Å². The maximum absolute atomic E-state index is 11.3. The molecule has 0 amide bonds. The molecule has 1 aliphatic rings. The fourth-order valence-electron chi connectivity index (χ4n) is 2.08. The summed E-state index contributed by atoms with van der Waals surface area (Å²) < 4.78 is 0.